The van der Waals surface area contributed by atoms with Crippen molar-refractivity contribution in [2.75, 3.05) is 52.4 Å². The minimum Gasteiger partial charge on any atom is -0.491 e. The SMILES string of the molecule is CCN1CCC(Oc2ccc3c(c2)OCCN(C[C@H](O)CN2CCc4ccccc4C2)C3=O)CC1. The number of benzene rings is 2. The lowest BCUT2D eigenvalue weighted by molar-refractivity contribution is 0.0501. The summed E-state index contributed by atoms with van der Waals surface area (Å²) in [4.78, 5) is 19.7. The summed E-state index contributed by atoms with van der Waals surface area (Å²) in [7, 11) is 0. The molecule has 7 heteroatoms. The zero-order chi connectivity index (χ0) is 24.2. The molecule has 5 rings (SSSR count). The maximum atomic E-state index is 13.3. The highest BCUT2D eigenvalue weighted by Gasteiger charge is 2.28. The maximum Gasteiger partial charge on any atom is 0.257 e. The Labute approximate surface area is 208 Å². The normalized spacial score (nSPS) is 20.5. The van der Waals surface area contributed by atoms with Gasteiger partial charge in [0, 0.05) is 45.3 Å². The van der Waals surface area contributed by atoms with Gasteiger partial charge in [-0.25, -0.2) is 0 Å². The van der Waals surface area contributed by atoms with Gasteiger partial charge >= 0.3 is 0 Å². The van der Waals surface area contributed by atoms with Crippen LogP contribution in [0.5, 0.6) is 11.5 Å². The molecule has 0 aliphatic carbocycles. The molecule has 1 N–H and O–H groups in total. The highest BCUT2D eigenvalue weighted by atomic mass is 16.5. The Bertz CT molecular complexity index is 1020. The number of nitrogens with zero attached hydrogens (tertiary/aromatic N) is 3. The summed E-state index contributed by atoms with van der Waals surface area (Å²) in [6, 6.07) is 14.0. The summed E-state index contributed by atoms with van der Waals surface area (Å²) in [5, 5.41) is 10.8. The lowest BCUT2D eigenvalue weighted by Gasteiger charge is -2.32. The summed E-state index contributed by atoms with van der Waals surface area (Å²) in [6.07, 6.45) is 2.61. The molecule has 35 heavy (non-hydrogen) atoms. The molecule has 0 aromatic heterocycles. The second-order valence-electron chi connectivity index (χ2n) is 9.92. The van der Waals surface area contributed by atoms with Gasteiger partial charge in [-0.15, -0.1) is 0 Å². The van der Waals surface area contributed by atoms with E-state index in [4.69, 9.17) is 9.47 Å². The van der Waals surface area contributed by atoms with Crippen molar-refractivity contribution in [1.29, 1.82) is 0 Å². The molecular weight excluding hydrogens is 442 g/mol. The number of ether oxygens (including phenoxy) is 2. The zero-order valence-corrected chi connectivity index (χ0v) is 20.7. The minimum atomic E-state index is -0.609. The molecule has 7 nitrogen and oxygen atoms in total. The minimum absolute atomic E-state index is 0.0941. The van der Waals surface area contributed by atoms with Crippen molar-refractivity contribution >= 4 is 5.91 Å². The van der Waals surface area contributed by atoms with E-state index >= 15 is 0 Å². The number of carbonyl (C=O) groups excluding carboxylic acids is 1. The van der Waals surface area contributed by atoms with Crippen molar-refractivity contribution in [1.82, 2.24) is 14.7 Å². The van der Waals surface area contributed by atoms with Gasteiger partial charge < -0.3 is 24.4 Å². The van der Waals surface area contributed by atoms with Crippen molar-refractivity contribution in [3.8, 4) is 11.5 Å². The molecule has 188 valence electrons. The van der Waals surface area contributed by atoms with E-state index in [0.717, 1.165) is 57.7 Å². The molecule has 3 heterocycles. The van der Waals surface area contributed by atoms with Gasteiger partial charge in [0.2, 0.25) is 0 Å². The number of aliphatic hydroxyl groups is 1. The van der Waals surface area contributed by atoms with Gasteiger partial charge in [0.15, 0.2) is 0 Å². The quantitative estimate of drug-likeness (QED) is 0.659. The Morgan fingerprint density at radius 1 is 1.03 bits per heavy atom. The first-order valence-electron chi connectivity index (χ1n) is 13.0. The van der Waals surface area contributed by atoms with E-state index in [1.54, 1.807) is 11.0 Å². The molecule has 3 aliphatic rings. The van der Waals surface area contributed by atoms with Gasteiger partial charge in [-0.3, -0.25) is 9.69 Å². The van der Waals surface area contributed by atoms with Crippen LogP contribution in [0, 0.1) is 0 Å². The fourth-order valence-electron chi connectivity index (χ4n) is 5.44. The number of hydrogen-bond donors (Lipinski definition) is 1. The summed E-state index contributed by atoms with van der Waals surface area (Å²) in [5.41, 5.74) is 3.26. The van der Waals surface area contributed by atoms with E-state index in [0.29, 0.717) is 37.6 Å². The maximum absolute atomic E-state index is 13.3. The van der Waals surface area contributed by atoms with Crippen LogP contribution in [0.15, 0.2) is 42.5 Å². The topological polar surface area (TPSA) is 65.5 Å². The smallest absolute Gasteiger partial charge is 0.257 e. The molecule has 3 aliphatic heterocycles. The molecule has 0 unspecified atom stereocenters. The van der Waals surface area contributed by atoms with Gasteiger partial charge in [-0.2, -0.15) is 0 Å². The number of β-amino-alcohol motifs (C(OH)–C–C–N with tert-alkyl or cyclic N) is 1. The van der Waals surface area contributed by atoms with E-state index in [9.17, 15) is 9.90 Å². The molecule has 0 bridgehead atoms. The fraction of sp³-hybridized carbons (Fsp3) is 0.536. The number of aliphatic hydroxyl groups excluding tert-OH is 1. The number of amides is 1. The van der Waals surface area contributed by atoms with Crippen LogP contribution in [0.3, 0.4) is 0 Å². The third-order valence-corrected chi connectivity index (χ3v) is 7.48. The summed E-state index contributed by atoms with van der Waals surface area (Å²) in [6.45, 7) is 8.87. The lowest BCUT2D eigenvalue weighted by Crippen LogP contribution is -2.44. The number of rotatable bonds is 7. The lowest BCUT2D eigenvalue weighted by atomic mass is 10.00. The number of piperidine rings is 1. The van der Waals surface area contributed by atoms with Crippen LogP contribution in [-0.2, 0) is 13.0 Å². The van der Waals surface area contributed by atoms with Gasteiger partial charge in [0.05, 0.1) is 18.2 Å². The van der Waals surface area contributed by atoms with Crippen molar-refractivity contribution in [3.05, 3.63) is 59.2 Å². The van der Waals surface area contributed by atoms with Crippen LogP contribution in [0.1, 0.15) is 41.3 Å². The van der Waals surface area contributed by atoms with Crippen molar-refractivity contribution < 1.29 is 19.4 Å². The van der Waals surface area contributed by atoms with Gasteiger partial charge in [-0.1, -0.05) is 31.2 Å². The number of carbonyl (C=O) groups is 1. The molecule has 2 aromatic carbocycles. The number of fused-ring (bicyclic) bond motifs is 2. The van der Waals surface area contributed by atoms with Crippen LogP contribution in [-0.4, -0.2) is 90.3 Å². The van der Waals surface area contributed by atoms with E-state index in [1.807, 2.05) is 12.1 Å². The van der Waals surface area contributed by atoms with E-state index in [2.05, 4.69) is 41.0 Å². The summed E-state index contributed by atoms with van der Waals surface area (Å²) in [5.74, 6) is 1.23. The zero-order valence-electron chi connectivity index (χ0n) is 20.7. The molecular formula is C28H37N3O4. The Balaban J connectivity index is 1.17. The Morgan fingerprint density at radius 2 is 1.83 bits per heavy atom. The van der Waals surface area contributed by atoms with Crippen LogP contribution in [0.4, 0.5) is 0 Å². The largest absolute Gasteiger partial charge is 0.491 e. The second-order valence-corrected chi connectivity index (χ2v) is 9.92. The molecule has 1 fully saturated rings. The van der Waals surface area contributed by atoms with E-state index in [-0.39, 0.29) is 12.0 Å². The molecule has 0 radical (unpaired) electrons. The number of hydrogen-bond acceptors (Lipinski definition) is 6. The highest BCUT2D eigenvalue weighted by molar-refractivity contribution is 5.97. The average Bonchev–Trinajstić information content (AvgIpc) is 3.02. The Morgan fingerprint density at radius 3 is 2.63 bits per heavy atom. The van der Waals surface area contributed by atoms with Crippen molar-refractivity contribution in [3.63, 3.8) is 0 Å². The molecule has 2 aromatic rings. The average molecular weight is 480 g/mol. The van der Waals surface area contributed by atoms with E-state index < -0.39 is 6.10 Å². The standard InChI is InChI=1S/C28H37N3O4/c1-2-29-13-10-24(11-14-29)35-25-7-8-26-27(17-25)34-16-15-31(28(26)33)20-23(32)19-30-12-9-21-5-3-4-6-22(21)18-30/h3-8,17,23-24,32H,2,9-16,18-20H2,1H3/t23-/m1/s1. The molecule has 0 saturated carbocycles. The first kappa shape index (κ1) is 24.1. The third kappa shape index (κ3) is 5.80. The predicted octanol–water partition coefficient (Wildman–Crippen LogP) is 2.80. The highest BCUT2D eigenvalue weighted by Crippen LogP contribution is 2.30. The first-order chi connectivity index (χ1) is 17.1. The Hall–Kier alpha value is -2.61. The van der Waals surface area contributed by atoms with Crippen molar-refractivity contribution in [2.24, 2.45) is 0 Å². The molecule has 1 amide bonds. The summed E-state index contributed by atoms with van der Waals surface area (Å²) < 4.78 is 12.2. The molecule has 1 atom stereocenters. The molecule has 0 spiro atoms. The van der Waals surface area contributed by atoms with Gasteiger partial charge in [0.1, 0.15) is 24.2 Å². The van der Waals surface area contributed by atoms with Crippen molar-refractivity contribution in [2.45, 2.75) is 44.9 Å². The van der Waals surface area contributed by atoms with E-state index in [1.165, 1.54) is 11.1 Å². The van der Waals surface area contributed by atoms with Crippen LogP contribution >= 0.6 is 0 Å². The van der Waals surface area contributed by atoms with Crippen LogP contribution in [0.25, 0.3) is 0 Å². The van der Waals surface area contributed by atoms with Crippen LogP contribution in [0.2, 0.25) is 0 Å². The van der Waals surface area contributed by atoms with Crippen LogP contribution < -0.4 is 9.47 Å². The molecule has 1 saturated heterocycles. The predicted molar refractivity (Wildman–Crippen MR) is 135 cm³/mol. The van der Waals surface area contributed by atoms with Gasteiger partial charge in [-0.05, 0) is 49.1 Å². The Kier molecular flexibility index (Phi) is 7.56. The third-order valence-electron chi connectivity index (χ3n) is 7.48. The fourth-order valence-corrected chi connectivity index (χ4v) is 5.44. The monoisotopic (exact) mass is 479 g/mol. The van der Waals surface area contributed by atoms with Gasteiger partial charge in [0.25, 0.3) is 5.91 Å². The first-order valence-corrected chi connectivity index (χ1v) is 13.0. The second kappa shape index (κ2) is 11.0. The summed E-state index contributed by atoms with van der Waals surface area (Å²) >= 11 is 0. The number of likely N-dealkylation sites (tertiary alicyclic amines) is 1.